The van der Waals surface area contributed by atoms with E-state index in [0.717, 1.165) is 11.3 Å². The van der Waals surface area contributed by atoms with E-state index in [-0.39, 0.29) is 12.3 Å². The van der Waals surface area contributed by atoms with Crippen molar-refractivity contribution in [1.82, 2.24) is 10.3 Å². The van der Waals surface area contributed by atoms with E-state index in [1.54, 1.807) is 0 Å². The molecule has 0 aliphatic carbocycles. The smallest absolute Gasteiger partial charge is 0.328 e. The van der Waals surface area contributed by atoms with Gasteiger partial charge >= 0.3 is 5.97 Å². The van der Waals surface area contributed by atoms with Crippen LogP contribution in [0.5, 0.6) is 0 Å². The number of hydrogen-bond acceptors (Lipinski definition) is 4. The molecule has 0 aliphatic heterocycles. The van der Waals surface area contributed by atoms with Crippen molar-refractivity contribution in [3.8, 4) is 11.3 Å². The average Bonchev–Trinajstić information content (AvgIpc) is 2.86. The molecule has 0 atom stereocenters. The number of aromatic nitrogens is 1. The van der Waals surface area contributed by atoms with Gasteiger partial charge < -0.3 is 14.8 Å². The second-order valence-electron chi connectivity index (χ2n) is 5.87. The van der Waals surface area contributed by atoms with Crippen molar-refractivity contribution >= 4 is 11.9 Å². The van der Waals surface area contributed by atoms with Crippen molar-refractivity contribution in [1.29, 1.82) is 0 Å². The molecule has 2 aromatic rings. The Labute approximate surface area is 134 Å². The van der Waals surface area contributed by atoms with Crippen LogP contribution < -0.4 is 5.32 Å². The summed E-state index contributed by atoms with van der Waals surface area (Å²) in [6.45, 7) is 4.73. The molecule has 6 nitrogen and oxygen atoms in total. The van der Waals surface area contributed by atoms with Crippen LogP contribution in [0.1, 0.15) is 31.9 Å². The van der Waals surface area contributed by atoms with Crippen LogP contribution in [0.2, 0.25) is 0 Å². The Morgan fingerprint density at radius 2 is 1.91 bits per heavy atom. The molecule has 2 rings (SSSR count). The molecule has 23 heavy (non-hydrogen) atoms. The summed E-state index contributed by atoms with van der Waals surface area (Å²) in [4.78, 5) is 27.2. The lowest BCUT2D eigenvalue weighted by Gasteiger charge is -2.20. The van der Waals surface area contributed by atoms with Gasteiger partial charge in [0.15, 0.2) is 11.7 Å². The fraction of sp³-hybridized carbons (Fsp3) is 0.353. The van der Waals surface area contributed by atoms with Crippen LogP contribution in [0.25, 0.3) is 11.3 Å². The molecule has 0 spiro atoms. The average molecular weight is 316 g/mol. The lowest BCUT2D eigenvalue weighted by Crippen LogP contribution is -2.49. The van der Waals surface area contributed by atoms with Gasteiger partial charge in [0.05, 0.1) is 5.69 Å². The molecule has 6 heteroatoms. The Bertz CT molecular complexity index is 705. The third-order valence-corrected chi connectivity index (χ3v) is 3.43. The summed E-state index contributed by atoms with van der Waals surface area (Å²) in [5.41, 5.74) is 0.399. The summed E-state index contributed by atoms with van der Waals surface area (Å²) in [6.07, 6.45) is 0.431. The van der Waals surface area contributed by atoms with Gasteiger partial charge in [-0.25, -0.2) is 9.78 Å². The highest BCUT2D eigenvalue weighted by molar-refractivity contribution is 5.86. The number of hydrogen-bond donors (Lipinski definition) is 2. The van der Waals surface area contributed by atoms with Gasteiger partial charge in [0.2, 0.25) is 5.91 Å². The molecule has 1 aromatic carbocycles. The van der Waals surface area contributed by atoms with Gasteiger partial charge in [-0.05, 0) is 20.8 Å². The molecular weight excluding hydrogens is 296 g/mol. The van der Waals surface area contributed by atoms with E-state index >= 15 is 0 Å². The maximum Gasteiger partial charge on any atom is 0.328 e. The fourth-order valence-corrected chi connectivity index (χ4v) is 2.10. The molecule has 0 fully saturated rings. The number of carbonyl (C=O) groups excluding carboxylic acids is 1. The number of amides is 1. The lowest BCUT2D eigenvalue weighted by atomic mass is 10.1. The number of aliphatic carboxylic acids is 1. The number of nitrogens with one attached hydrogen (secondary N) is 1. The number of rotatable bonds is 6. The van der Waals surface area contributed by atoms with Crippen molar-refractivity contribution in [3.05, 3.63) is 41.9 Å². The second kappa shape index (κ2) is 6.64. The molecule has 0 radical (unpaired) electrons. The van der Waals surface area contributed by atoms with Gasteiger partial charge in [-0.2, -0.15) is 0 Å². The molecule has 0 bridgehead atoms. The van der Waals surface area contributed by atoms with Crippen molar-refractivity contribution in [2.24, 2.45) is 0 Å². The third kappa shape index (κ3) is 4.18. The predicted molar refractivity (Wildman–Crippen MR) is 84.9 cm³/mol. The molecule has 2 N–H and O–H groups in total. The van der Waals surface area contributed by atoms with Gasteiger partial charge in [0, 0.05) is 18.4 Å². The van der Waals surface area contributed by atoms with Gasteiger partial charge in [-0.15, -0.1) is 0 Å². The van der Waals surface area contributed by atoms with Crippen molar-refractivity contribution in [3.63, 3.8) is 0 Å². The molecular formula is C17H20N2O4. The van der Waals surface area contributed by atoms with Gasteiger partial charge in [0.1, 0.15) is 5.54 Å². The minimum atomic E-state index is -1.29. The van der Waals surface area contributed by atoms with Gasteiger partial charge in [0.25, 0.3) is 0 Å². The first-order valence-electron chi connectivity index (χ1n) is 7.36. The van der Waals surface area contributed by atoms with E-state index in [1.165, 1.54) is 13.8 Å². The predicted octanol–water partition coefficient (Wildman–Crippen LogP) is 2.56. The standard InChI is InChI=1S/C17H20N2O4/c1-11-15(12-7-5-4-6-8-12)23-14(18-11)10-9-13(20)19-17(2,3)16(21)22/h4-8H,9-10H2,1-3H3,(H,19,20)(H,21,22). The zero-order valence-corrected chi connectivity index (χ0v) is 13.4. The molecule has 0 saturated carbocycles. The number of aryl methyl sites for hydroxylation is 2. The van der Waals surface area contributed by atoms with E-state index in [2.05, 4.69) is 10.3 Å². The molecule has 1 aromatic heterocycles. The Morgan fingerprint density at radius 1 is 1.26 bits per heavy atom. The Kier molecular flexibility index (Phi) is 4.83. The first kappa shape index (κ1) is 16.7. The van der Waals surface area contributed by atoms with Crippen molar-refractivity contribution in [2.75, 3.05) is 0 Å². The summed E-state index contributed by atoms with van der Waals surface area (Å²) in [7, 11) is 0. The largest absolute Gasteiger partial charge is 0.480 e. The highest BCUT2D eigenvalue weighted by atomic mass is 16.4. The normalized spacial score (nSPS) is 11.3. The topological polar surface area (TPSA) is 92.4 Å². The highest BCUT2D eigenvalue weighted by Crippen LogP contribution is 2.24. The second-order valence-corrected chi connectivity index (χ2v) is 5.87. The molecule has 1 amide bonds. The molecule has 0 aliphatic rings. The van der Waals surface area contributed by atoms with E-state index < -0.39 is 11.5 Å². The molecule has 0 saturated heterocycles. The van der Waals surface area contributed by atoms with Gasteiger partial charge in [-0.3, -0.25) is 4.79 Å². The summed E-state index contributed by atoms with van der Waals surface area (Å²) in [6, 6.07) is 9.61. The van der Waals surface area contributed by atoms with E-state index in [0.29, 0.717) is 18.1 Å². The Balaban J connectivity index is 2.00. The van der Waals surface area contributed by atoms with Crippen LogP contribution in [0.15, 0.2) is 34.7 Å². The van der Waals surface area contributed by atoms with Crippen LogP contribution in [0.3, 0.4) is 0 Å². The number of oxazole rings is 1. The monoisotopic (exact) mass is 316 g/mol. The van der Waals surface area contributed by atoms with E-state index in [9.17, 15) is 9.59 Å². The number of benzene rings is 1. The maximum absolute atomic E-state index is 11.9. The fourth-order valence-electron chi connectivity index (χ4n) is 2.10. The van der Waals surface area contributed by atoms with E-state index in [1.807, 2.05) is 37.3 Å². The summed E-state index contributed by atoms with van der Waals surface area (Å²) in [5.74, 6) is -0.282. The van der Waals surface area contributed by atoms with E-state index in [4.69, 9.17) is 9.52 Å². The number of carboxylic acid groups (broad SMARTS) is 1. The SMILES string of the molecule is Cc1nc(CCC(=O)NC(C)(C)C(=O)O)oc1-c1ccccc1. The summed E-state index contributed by atoms with van der Waals surface area (Å²) < 4.78 is 5.72. The van der Waals surface area contributed by atoms with Crippen molar-refractivity contribution < 1.29 is 19.1 Å². The quantitative estimate of drug-likeness (QED) is 0.854. The minimum Gasteiger partial charge on any atom is -0.480 e. The zero-order chi connectivity index (χ0) is 17.0. The number of nitrogens with zero attached hydrogens (tertiary/aromatic N) is 1. The summed E-state index contributed by atoms with van der Waals surface area (Å²) in [5, 5.41) is 11.5. The molecule has 1 heterocycles. The minimum absolute atomic E-state index is 0.116. The lowest BCUT2D eigenvalue weighted by molar-refractivity contribution is -0.146. The van der Waals surface area contributed by atoms with Crippen molar-refractivity contribution in [2.45, 2.75) is 39.2 Å². The summed E-state index contributed by atoms with van der Waals surface area (Å²) >= 11 is 0. The zero-order valence-electron chi connectivity index (χ0n) is 13.4. The highest BCUT2D eigenvalue weighted by Gasteiger charge is 2.28. The first-order chi connectivity index (χ1) is 10.8. The number of carbonyl (C=O) groups is 2. The Morgan fingerprint density at radius 3 is 2.52 bits per heavy atom. The Hall–Kier alpha value is -2.63. The molecule has 0 unspecified atom stereocenters. The first-order valence-corrected chi connectivity index (χ1v) is 7.36. The van der Waals surface area contributed by atoms with Crippen LogP contribution in [-0.4, -0.2) is 27.5 Å². The van der Waals surface area contributed by atoms with Crippen LogP contribution in [0.4, 0.5) is 0 Å². The van der Waals surface area contributed by atoms with Crippen LogP contribution in [0, 0.1) is 6.92 Å². The van der Waals surface area contributed by atoms with Crippen LogP contribution >= 0.6 is 0 Å². The number of carboxylic acids is 1. The van der Waals surface area contributed by atoms with Crippen LogP contribution in [-0.2, 0) is 16.0 Å². The van der Waals surface area contributed by atoms with Gasteiger partial charge in [-0.1, -0.05) is 30.3 Å². The molecule has 122 valence electrons. The maximum atomic E-state index is 11.9. The third-order valence-electron chi connectivity index (χ3n) is 3.43.